The summed E-state index contributed by atoms with van der Waals surface area (Å²) in [5.74, 6) is -1.09. The summed E-state index contributed by atoms with van der Waals surface area (Å²) in [6.07, 6.45) is 0. The van der Waals surface area contributed by atoms with Gasteiger partial charge in [-0.3, -0.25) is 9.59 Å². The van der Waals surface area contributed by atoms with Gasteiger partial charge >= 0.3 is 0 Å². The highest BCUT2D eigenvalue weighted by atomic mass is 16.5. The van der Waals surface area contributed by atoms with Gasteiger partial charge < -0.3 is 19.8 Å². The van der Waals surface area contributed by atoms with E-state index in [4.69, 9.17) is 4.74 Å². The van der Waals surface area contributed by atoms with Crippen LogP contribution in [0.1, 0.15) is 22.7 Å². The van der Waals surface area contributed by atoms with Crippen molar-refractivity contribution in [1.82, 2.24) is 4.90 Å². The number of carbonyl (C=O) groups is 2. The molecule has 3 rings (SSSR count). The normalized spacial score (nSPS) is 18.8. The molecule has 2 N–H and O–H groups in total. The Balaban J connectivity index is 2.15. The van der Waals surface area contributed by atoms with Crippen LogP contribution in [-0.2, 0) is 9.59 Å². The van der Waals surface area contributed by atoms with E-state index in [-0.39, 0.29) is 24.5 Å². The van der Waals surface area contributed by atoms with Crippen molar-refractivity contribution in [3.63, 3.8) is 0 Å². The topological polar surface area (TPSA) is 87.1 Å². The lowest BCUT2D eigenvalue weighted by Crippen LogP contribution is -2.32. The number of ether oxygens (including phenoxy) is 1. The lowest BCUT2D eigenvalue weighted by atomic mass is 9.95. The Bertz CT molecular complexity index is 884. The molecule has 2 aromatic rings. The molecule has 6 heteroatoms. The maximum Gasteiger partial charge on any atom is 0.295 e. The van der Waals surface area contributed by atoms with Crippen molar-refractivity contribution in [3.05, 3.63) is 70.8 Å². The predicted molar refractivity (Wildman–Crippen MR) is 100 cm³/mol. The standard InChI is InChI=1S/C21H21NO5/c1-13-3-5-15(6-4-13)19(24)17-18(14-7-9-16(27-2)10-8-14)22(11-12-23)21(26)20(17)25/h3-10,18,23-24H,11-12H2,1-2H3/b19-17+/t18-/m0/s1. The molecular formula is C21H21NO5. The molecule has 1 atom stereocenters. The number of aliphatic hydroxyl groups is 2. The molecule has 0 aliphatic carbocycles. The monoisotopic (exact) mass is 367 g/mol. The minimum Gasteiger partial charge on any atom is -0.507 e. The Labute approximate surface area is 157 Å². The highest BCUT2D eigenvalue weighted by Gasteiger charge is 2.45. The second kappa shape index (κ2) is 7.63. The van der Waals surface area contributed by atoms with Crippen LogP contribution >= 0.6 is 0 Å². The summed E-state index contributed by atoms with van der Waals surface area (Å²) < 4.78 is 5.15. The Morgan fingerprint density at radius 1 is 1.07 bits per heavy atom. The first-order valence-corrected chi connectivity index (χ1v) is 8.58. The molecule has 6 nitrogen and oxygen atoms in total. The van der Waals surface area contributed by atoms with E-state index in [2.05, 4.69) is 0 Å². The van der Waals surface area contributed by atoms with E-state index in [0.29, 0.717) is 16.9 Å². The van der Waals surface area contributed by atoms with Crippen LogP contribution in [0.5, 0.6) is 5.75 Å². The third kappa shape index (κ3) is 3.44. The Morgan fingerprint density at radius 3 is 2.26 bits per heavy atom. The number of methoxy groups -OCH3 is 1. The van der Waals surface area contributed by atoms with Crippen molar-refractivity contribution in [1.29, 1.82) is 0 Å². The molecule has 1 heterocycles. The van der Waals surface area contributed by atoms with Gasteiger partial charge in [-0.05, 0) is 24.6 Å². The lowest BCUT2D eigenvalue weighted by Gasteiger charge is -2.24. The smallest absolute Gasteiger partial charge is 0.295 e. The predicted octanol–water partition coefficient (Wildman–Crippen LogP) is 2.42. The average molecular weight is 367 g/mol. The van der Waals surface area contributed by atoms with Gasteiger partial charge in [0.1, 0.15) is 11.5 Å². The molecule has 0 unspecified atom stereocenters. The van der Waals surface area contributed by atoms with Crippen LogP contribution in [0.3, 0.4) is 0 Å². The molecule has 1 fully saturated rings. The lowest BCUT2D eigenvalue weighted by molar-refractivity contribution is -0.140. The number of ketones is 1. The van der Waals surface area contributed by atoms with Crippen LogP contribution in [0.4, 0.5) is 0 Å². The molecule has 1 aliphatic heterocycles. The summed E-state index contributed by atoms with van der Waals surface area (Å²) >= 11 is 0. The summed E-state index contributed by atoms with van der Waals surface area (Å²) in [5.41, 5.74) is 2.14. The highest BCUT2D eigenvalue weighted by molar-refractivity contribution is 6.46. The van der Waals surface area contributed by atoms with Gasteiger partial charge in [0, 0.05) is 12.1 Å². The van der Waals surface area contributed by atoms with Gasteiger partial charge in [0.05, 0.1) is 25.3 Å². The number of aliphatic hydroxyl groups excluding tert-OH is 2. The van der Waals surface area contributed by atoms with Crippen molar-refractivity contribution in [3.8, 4) is 5.75 Å². The van der Waals surface area contributed by atoms with Gasteiger partial charge in [-0.1, -0.05) is 42.0 Å². The van der Waals surface area contributed by atoms with Crippen molar-refractivity contribution in [2.75, 3.05) is 20.3 Å². The molecule has 0 bridgehead atoms. The molecule has 1 amide bonds. The minimum atomic E-state index is -0.774. The van der Waals surface area contributed by atoms with Crippen LogP contribution < -0.4 is 4.74 Å². The zero-order valence-corrected chi connectivity index (χ0v) is 15.2. The van der Waals surface area contributed by atoms with E-state index in [1.54, 1.807) is 43.5 Å². The number of hydrogen-bond acceptors (Lipinski definition) is 5. The fourth-order valence-electron chi connectivity index (χ4n) is 3.22. The van der Waals surface area contributed by atoms with Gasteiger partial charge in [0.2, 0.25) is 0 Å². The van der Waals surface area contributed by atoms with Gasteiger partial charge in [0.15, 0.2) is 0 Å². The minimum absolute atomic E-state index is 0.00799. The van der Waals surface area contributed by atoms with E-state index in [1.807, 2.05) is 19.1 Å². The van der Waals surface area contributed by atoms with Crippen LogP contribution in [0.25, 0.3) is 5.76 Å². The van der Waals surface area contributed by atoms with Gasteiger partial charge in [-0.25, -0.2) is 0 Å². The van der Waals surface area contributed by atoms with Crippen LogP contribution in [-0.4, -0.2) is 47.1 Å². The number of hydrogen-bond donors (Lipinski definition) is 2. The molecule has 0 spiro atoms. The van der Waals surface area contributed by atoms with Crippen LogP contribution in [0.15, 0.2) is 54.1 Å². The van der Waals surface area contributed by atoms with Gasteiger partial charge in [-0.2, -0.15) is 0 Å². The third-order valence-electron chi connectivity index (χ3n) is 4.64. The largest absolute Gasteiger partial charge is 0.507 e. The Hall–Kier alpha value is -3.12. The maximum absolute atomic E-state index is 12.7. The summed E-state index contributed by atoms with van der Waals surface area (Å²) in [6.45, 7) is 1.62. The molecule has 0 radical (unpaired) electrons. The number of aryl methyl sites for hydroxylation is 1. The fourth-order valence-corrected chi connectivity index (χ4v) is 3.22. The van der Waals surface area contributed by atoms with Gasteiger partial charge in [0.25, 0.3) is 11.7 Å². The summed E-state index contributed by atoms with van der Waals surface area (Å²) in [4.78, 5) is 26.4. The first-order valence-electron chi connectivity index (χ1n) is 8.58. The van der Waals surface area contributed by atoms with E-state index in [1.165, 1.54) is 4.90 Å². The molecule has 27 heavy (non-hydrogen) atoms. The Kier molecular flexibility index (Phi) is 5.28. The first-order chi connectivity index (χ1) is 13.0. The van der Waals surface area contributed by atoms with Crippen molar-refractivity contribution in [2.24, 2.45) is 0 Å². The molecule has 1 saturated heterocycles. The number of likely N-dealkylation sites (tertiary alicyclic amines) is 1. The van der Waals surface area contributed by atoms with E-state index in [0.717, 1.165) is 5.56 Å². The summed E-state index contributed by atoms with van der Waals surface area (Å²) in [5, 5.41) is 20.2. The zero-order valence-electron chi connectivity index (χ0n) is 15.2. The molecule has 2 aromatic carbocycles. The molecule has 0 saturated carbocycles. The number of Topliss-reactive ketones (excluding diaryl/α,β-unsaturated/α-hetero) is 1. The molecule has 140 valence electrons. The van der Waals surface area contributed by atoms with Gasteiger partial charge in [-0.15, -0.1) is 0 Å². The molecular weight excluding hydrogens is 346 g/mol. The second-order valence-electron chi connectivity index (χ2n) is 6.36. The maximum atomic E-state index is 12.7. The number of amides is 1. The summed E-state index contributed by atoms with van der Waals surface area (Å²) in [7, 11) is 1.55. The molecule has 1 aliphatic rings. The number of nitrogens with zero attached hydrogens (tertiary/aromatic N) is 1. The highest BCUT2D eigenvalue weighted by Crippen LogP contribution is 2.39. The second-order valence-corrected chi connectivity index (χ2v) is 6.36. The summed E-state index contributed by atoms with van der Waals surface area (Å²) in [6, 6.07) is 13.2. The third-order valence-corrected chi connectivity index (χ3v) is 4.64. The zero-order chi connectivity index (χ0) is 19.6. The number of rotatable bonds is 5. The Morgan fingerprint density at radius 2 is 1.70 bits per heavy atom. The van der Waals surface area contributed by atoms with E-state index >= 15 is 0 Å². The van der Waals surface area contributed by atoms with Crippen molar-refractivity contribution < 1.29 is 24.5 Å². The van der Waals surface area contributed by atoms with E-state index in [9.17, 15) is 19.8 Å². The quantitative estimate of drug-likeness (QED) is 0.481. The fraction of sp³-hybridized carbons (Fsp3) is 0.238. The van der Waals surface area contributed by atoms with E-state index < -0.39 is 17.7 Å². The van der Waals surface area contributed by atoms with Crippen LogP contribution in [0, 0.1) is 6.92 Å². The van der Waals surface area contributed by atoms with Crippen molar-refractivity contribution >= 4 is 17.4 Å². The van der Waals surface area contributed by atoms with Crippen LogP contribution in [0.2, 0.25) is 0 Å². The number of β-amino-alcohol motifs (C(OH)–C–C–N with tert-alkyl or cyclic N) is 1. The molecule has 0 aromatic heterocycles. The van der Waals surface area contributed by atoms with Crippen molar-refractivity contribution in [2.45, 2.75) is 13.0 Å². The number of benzene rings is 2. The number of carbonyl (C=O) groups excluding carboxylic acids is 2. The SMILES string of the molecule is COc1ccc([C@H]2/C(=C(\O)c3ccc(C)cc3)C(=O)C(=O)N2CCO)cc1. The average Bonchev–Trinajstić information content (AvgIpc) is 2.93. The first kappa shape index (κ1) is 18.7.